The molecule has 1 saturated heterocycles. The summed E-state index contributed by atoms with van der Waals surface area (Å²) < 4.78 is 24.4. The maximum Gasteiger partial charge on any atom is 0.213 e. The summed E-state index contributed by atoms with van der Waals surface area (Å²) in [4.78, 5) is 0. The molecule has 0 N–H and O–H groups in total. The first-order valence-electron chi connectivity index (χ1n) is 4.29. The van der Waals surface area contributed by atoms with Crippen LogP contribution in [0.15, 0.2) is 0 Å². The molecule has 3 nitrogen and oxygen atoms in total. The van der Waals surface area contributed by atoms with Crippen molar-refractivity contribution in [2.75, 3.05) is 18.5 Å². The van der Waals surface area contributed by atoms with Crippen molar-refractivity contribution in [3.8, 4) is 0 Å². The third-order valence-corrected chi connectivity index (χ3v) is 5.32. The second-order valence-electron chi connectivity index (χ2n) is 4.56. The summed E-state index contributed by atoms with van der Waals surface area (Å²) in [5.74, 6) is 0.359. The normalized spacial score (nSPS) is 24.6. The lowest BCUT2D eigenvalue weighted by Gasteiger charge is -2.23. The lowest BCUT2D eigenvalue weighted by Crippen LogP contribution is -2.40. The van der Waals surface area contributed by atoms with Gasteiger partial charge in [0.25, 0.3) is 0 Å². The summed E-state index contributed by atoms with van der Waals surface area (Å²) in [5, 5.41) is 0. The topological polar surface area (TPSA) is 37.4 Å². The highest BCUT2D eigenvalue weighted by atomic mass is 32.2. The second kappa shape index (κ2) is 3.12. The molecule has 0 aliphatic carbocycles. The van der Waals surface area contributed by atoms with Gasteiger partial charge in [0.15, 0.2) is 0 Å². The Balaban J connectivity index is 2.66. The zero-order valence-corrected chi connectivity index (χ0v) is 9.82. The molecule has 0 spiro atoms. The number of nitrogens with zero attached hydrogens (tertiary/aromatic N) is 1. The Bertz CT molecular complexity index is 255. The van der Waals surface area contributed by atoms with E-state index in [4.69, 9.17) is 0 Å². The van der Waals surface area contributed by atoms with E-state index >= 15 is 0 Å². The van der Waals surface area contributed by atoms with Crippen LogP contribution in [0, 0.1) is 0 Å². The molecule has 1 heterocycles. The fourth-order valence-corrected chi connectivity index (χ4v) is 5.72. The van der Waals surface area contributed by atoms with Crippen LogP contribution in [0.25, 0.3) is 0 Å². The SMILES string of the molecule is C[Si](C)(C)CN1CCCS1(=O)=O. The fourth-order valence-electron chi connectivity index (χ4n) is 1.40. The van der Waals surface area contributed by atoms with Crippen LogP contribution in [0.5, 0.6) is 0 Å². The molecule has 1 aliphatic heterocycles. The van der Waals surface area contributed by atoms with Gasteiger partial charge in [0.05, 0.1) is 13.8 Å². The highest BCUT2D eigenvalue weighted by Gasteiger charge is 2.31. The summed E-state index contributed by atoms with van der Waals surface area (Å²) in [5.41, 5.74) is 0. The monoisotopic (exact) mass is 207 g/mol. The summed E-state index contributed by atoms with van der Waals surface area (Å²) in [6, 6.07) is 0. The van der Waals surface area contributed by atoms with E-state index in [1.165, 1.54) is 0 Å². The highest BCUT2D eigenvalue weighted by Crippen LogP contribution is 2.16. The van der Waals surface area contributed by atoms with E-state index in [2.05, 4.69) is 19.6 Å². The number of hydrogen-bond acceptors (Lipinski definition) is 2. The Morgan fingerprint density at radius 3 is 2.25 bits per heavy atom. The zero-order valence-electron chi connectivity index (χ0n) is 8.00. The van der Waals surface area contributed by atoms with Gasteiger partial charge < -0.3 is 0 Å². The smallest absolute Gasteiger partial charge is 0.212 e. The van der Waals surface area contributed by atoms with Crippen molar-refractivity contribution in [2.45, 2.75) is 26.1 Å². The molecule has 0 atom stereocenters. The fraction of sp³-hybridized carbons (Fsp3) is 1.00. The minimum Gasteiger partial charge on any atom is -0.212 e. The summed E-state index contributed by atoms with van der Waals surface area (Å²) in [6.45, 7) is 7.33. The van der Waals surface area contributed by atoms with Crippen molar-refractivity contribution in [1.82, 2.24) is 4.31 Å². The van der Waals surface area contributed by atoms with Crippen LogP contribution in [0.2, 0.25) is 19.6 Å². The van der Waals surface area contributed by atoms with Gasteiger partial charge in [-0.25, -0.2) is 12.7 Å². The van der Waals surface area contributed by atoms with Crippen LogP contribution in [-0.4, -0.2) is 39.3 Å². The third-order valence-electron chi connectivity index (χ3n) is 1.85. The van der Waals surface area contributed by atoms with E-state index in [0.29, 0.717) is 5.75 Å². The molecule has 0 bridgehead atoms. The average Bonchev–Trinajstić information content (AvgIpc) is 2.07. The first-order chi connectivity index (χ1) is 5.31. The van der Waals surface area contributed by atoms with Crippen LogP contribution in [0.3, 0.4) is 0 Å². The maximum absolute atomic E-state index is 11.4. The predicted molar refractivity (Wildman–Crippen MR) is 53.3 cm³/mol. The van der Waals surface area contributed by atoms with Crippen LogP contribution in [-0.2, 0) is 10.0 Å². The van der Waals surface area contributed by atoms with E-state index in [0.717, 1.165) is 19.1 Å². The van der Waals surface area contributed by atoms with Crippen LogP contribution in [0.4, 0.5) is 0 Å². The molecule has 0 unspecified atom stereocenters. The predicted octanol–water partition coefficient (Wildman–Crippen LogP) is 0.899. The van der Waals surface area contributed by atoms with E-state index < -0.39 is 18.1 Å². The number of hydrogen-bond donors (Lipinski definition) is 0. The van der Waals surface area contributed by atoms with E-state index in [-0.39, 0.29) is 0 Å². The third kappa shape index (κ3) is 2.57. The van der Waals surface area contributed by atoms with E-state index in [1.54, 1.807) is 4.31 Å². The summed E-state index contributed by atoms with van der Waals surface area (Å²) in [6.07, 6.45) is 1.60. The molecule has 12 heavy (non-hydrogen) atoms. The van der Waals surface area contributed by atoms with Crippen molar-refractivity contribution in [1.29, 1.82) is 0 Å². The lowest BCUT2D eigenvalue weighted by atomic mass is 10.5. The molecular formula is C7H17NO2SSi. The molecule has 72 valence electrons. The van der Waals surface area contributed by atoms with Gasteiger partial charge in [-0.3, -0.25) is 0 Å². The molecule has 0 aromatic carbocycles. The van der Waals surface area contributed by atoms with Crippen molar-refractivity contribution in [3.63, 3.8) is 0 Å². The van der Waals surface area contributed by atoms with Gasteiger partial charge in [-0.15, -0.1) is 0 Å². The lowest BCUT2D eigenvalue weighted by molar-refractivity contribution is 0.487. The van der Waals surface area contributed by atoms with E-state index in [1.807, 2.05) is 0 Å². The van der Waals surface area contributed by atoms with Crippen molar-refractivity contribution < 1.29 is 8.42 Å². The van der Waals surface area contributed by atoms with E-state index in [9.17, 15) is 8.42 Å². The molecule has 0 aromatic rings. The molecule has 5 heteroatoms. The zero-order chi connectivity index (χ0) is 9.41. The minimum atomic E-state index is -2.85. The average molecular weight is 207 g/mol. The van der Waals surface area contributed by atoms with Gasteiger partial charge in [0.2, 0.25) is 10.0 Å². The van der Waals surface area contributed by atoms with Gasteiger partial charge >= 0.3 is 0 Å². The van der Waals surface area contributed by atoms with Crippen molar-refractivity contribution in [3.05, 3.63) is 0 Å². The molecule has 1 fully saturated rings. The largest absolute Gasteiger partial charge is 0.213 e. The van der Waals surface area contributed by atoms with Gasteiger partial charge in [-0.1, -0.05) is 19.6 Å². The second-order valence-corrected chi connectivity index (χ2v) is 12.1. The van der Waals surface area contributed by atoms with Gasteiger partial charge in [-0.2, -0.15) is 0 Å². The van der Waals surface area contributed by atoms with Crippen LogP contribution >= 0.6 is 0 Å². The Morgan fingerprint density at radius 1 is 1.33 bits per heavy atom. The molecule has 0 saturated carbocycles. The van der Waals surface area contributed by atoms with Gasteiger partial charge in [0, 0.05) is 12.7 Å². The molecule has 1 aliphatic rings. The maximum atomic E-state index is 11.4. The van der Waals surface area contributed by atoms with Crippen molar-refractivity contribution in [2.24, 2.45) is 0 Å². The number of sulfonamides is 1. The summed E-state index contributed by atoms with van der Waals surface area (Å²) >= 11 is 0. The van der Waals surface area contributed by atoms with Crippen LogP contribution < -0.4 is 0 Å². The molecule has 0 radical (unpaired) electrons. The minimum absolute atomic E-state index is 0.359. The first kappa shape index (κ1) is 10.2. The molecular weight excluding hydrogens is 190 g/mol. The Labute approximate surface area is 75.8 Å². The highest BCUT2D eigenvalue weighted by molar-refractivity contribution is 7.89. The molecule has 1 rings (SSSR count). The first-order valence-corrected chi connectivity index (χ1v) is 9.61. The van der Waals surface area contributed by atoms with Crippen molar-refractivity contribution >= 4 is 18.1 Å². The summed E-state index contributed by atoms with van der Waals surface area (Å²) in [7, 11) is -4.12. The molecule has 0 aromatic heterocycles. The Hall–Kier alpha value is 0.127. The standard InChI is InChI=1S/C7H17NO2SSi/c1-12(2,3)7-8-5-4-6-11(8,9)10/h4-7H2,1-3H3. The Morgan fingerprint density at radius 2 is 1.92 bits per heavy atom. The molecule has 0 amide bonds. The quantitative estimate of drug-likeness (QED) is 0.631. The van der Waals surface area contributed by atoms with Crippen LogP contribution in [0.1, 0.15) is 6.42 Å². The van der Waals surface area contributed by atoms with Gasteiger partial charge in [-0.05, 0) is 6.42 Å². The number of rotatable bonds is 2. The van der Waals surface area contributed by atoms with Gasteiger partial charge in [0.1, 0.15) is 0 Å². The Kier molecular flexibility index (Phi) is 2.65.